The Morgan fingerprint density at radius 1 is 1.65 bits per heavy atom. The van der Waals surface area contributed by atoms with E-state index < -0.39 is 0 Å². The highest BCUT2D eigenvalue weighted by Gasteiger charge is 2.21. The van der Waals surface area contributed by atoms with Gasteiger partial charge in [-0.3, -0.25) is 4.79 Å². The summed E-state index contributed by atoms with van der Waals surface area (Å²) in [7, 11) is 0. The lowest BCUT2D eigenvalue weighted by molar-refractivity contribution is 0.226. The van der Waals surface area contributed by atoms with E-state index in [4.69, 9.17) is 18.0 Å². The van der Waals surface area contributed by atoms with Crippen molar-refractivity contribution in [2.45, 2.75) is 32.4 Å². The van der Waals surface area contributed by atoms with Crippen molar-refractivity contribution in [3.63, 3.8) is 0 Å². The Labute approximate surface area is 123 Å². The zero-order chi connectivity index (χ0) is 14.5. The summed E-state index contributed by atoms with van der Waals surface area (Å²) in [6.45, 7) is 5.34. The van der Waals surface area contributed by atoms with Crippen LogP contribution in [0.3, 0.4) is 0 Å². The van der Waals surface area contributed by atoms with Crippen LogP contribution in [0, 0.1) is 12.3 Å². The summed E-state index contributed by atoms with van der Waals surface area (Å²) in [5.74, 6) is 2.41. The number of halogens is 1. The number of aromatic nitrogens is 2. The number of nitrogens with zero attached hydrogens (tertiary/aromatic N) is 3. The van der Waals surface area contributed by atoms with Crippen molar-refractivity contribution in [1.29, 1.82) is 0 Å². The molecule has 1 aliphatic rings. The molecular weight excluding hydrogens is 276 g/mol. The molecule has 1 aromatic rings. The van der Waals surface area contributed by atoms with Gasteiger partial charge in [0.05, 0.1) is 11.2 Å². The minimum atomic E-state index is -0.260. The van der Waals surface area contributed by atoms with E-state index in [1.807, 2.05) is 0 Å². The number of nitrogens with one attached hydrogen (secondary N) is 1. The Bertz CT molecular complexity index is 563. The Morgan fingerprint density at radius 2 is 2.45 bits per heavy atom. The van der Waals surface area contributed by atoms with Gasteiger partial charge in [-0.1, -0.05) is 24.4 Å². The van der Waals surface area contributed by atoms with E-state index in [1.165, 1.54) is 10.9 Å². The number of terminal acetylenes is 1. The van der Waals surface area contributed by atoms with E-state index in [9.17, 15) is 4.79 Å². The monoisotopic (exact) mass is 294 g/mol. The molecule has 1 unspecified atom stereocenters. The molecule has 20 heavy (non-hydrogen) atoms. The molecule has 1 N–H and O–H groups in total. The first kappa shape index (κ1) is 14.9. The average molecular weight is 295 g/mol. The SMILES string of the molecule is C#CCn1ncc(Cl)c(NC2CCCN(CC)C2)c1=O. The molecule has 2 rings (SSSR count). The van der Waals surface area contributed by atoms with Crippen LogP contribution < -0.4 is 10.9 Å². The van der Waals surface area contributed by atoms with Crippen LogP contribution in [0.4, 0.5) is 5.69 Å². The molecule has 2 heterocycles. The average Bonchev–Trinajstić information content (AvgIpc) is 2.47. The van der Waals surface area contributed by atoms with Gasteiger partial charge in [-0.05, 0) is 25.9 Å². The smallest absolute Gasteiger partial charge is 0.292 e. The van der Waals surface area contributed by atoms with Crippen LogP contribution in [-0.4, -0.2) is 40.4 Å². The van der Waals surface area contributed by atoms with E-state index in [0.717, 1.165) is 32.5 Å². The lowest BCUT2D eigenvalue weighted by Gasteiger charge is -2.32. The molecular formula is C14H19ClN4O. The zero-order valence-electron chi connectivity index (χ0n) is 11.6. The van der Waals surface area contributed by atoms with Gasteiger partial charge in [0, 0.05) is 12.6 Å². The van der Waals surface area contributed by atoms with Crippen molar-refractivity contribution in [3.05, 3.63) is 21.6 Å². The molecule has 0 saturated carbocycles. The molecule has 108 valence electrons. The standard InChI is InChI=1S/C14H19ClN4O/c1-3-7-19-14(20)13(12(15)9-16-19)17-11-6-5-8-18(4-2)10-11/h1,9,11,17H,4-8,10H2,2H3. The van der Waals surface area contributed by atoms with Crippen LogP contribution in [-0.2, 0) is 6.54 Å². The second-order valence-corrected chi connectivity index (χ2v) is 5.32. The summed E-state index contributed by atoms with van der Waals surface area (Å²) < 4.78 is 1.24. The Morgan fingerprint density at radius 3 is 3.15 bits per heavy atom. The zero-order valence-corrected chi connectivity index (χ0v) is 12.4. The number of hydrogen-bond acceptors (Lipinski definition) is 4. The molecule has 0 bridgehead atoms. The van der Waals surface area contributed by atoms with Crippen molar-refractivity contribution < 1.29 is 0 Å². The molecule has 1 aromatic heterocycles. The topological polar surface area (TPSA) is 50.2 Å². The van der Waals surface area contributed by atoms with Crippen molar-refractivity contribution in [2.75, 3.05) is 25.0 Å². The summed E-state index contributed by atoms with van der Waals surface area (Å²) in [6, 6.07) is 0.232. The van der Waals surface area contributed by atoms with Gasteiger partial charge in [0.25, 0.3) is 5.56 Å². The number of anilines is 1. The van der Waals surface area contributed by atoms with Crippen LogP contribution in [0.15, 0.2) is 11.0 Å². The third-order valence-corrected chi connectivity index (χ3v) is 3.83. The van der Waals surface area contributed by atoms with Crippen LogP contribution in [0.5, 0.6) is 0 Å². The third-order valence-electron chi connectivity index (χ3n) is 3.54. The molecule has 5 nitrogen and oxygen atoms in total. The van der Waals surface area contributed by atoms with Gasteiger partial charge < -0.3 is 10.2 Å². The predicted molar refractivity (Wildman–Crippen MR) is 81.1 cm³/mol. The maximum absolute atomic E-state index is 12.2. The summed E-state index contributed by atoms with van der Waals surface area (Å²) in [5, 5.41) is 7.54. The summed E-state index contributed by atoms with van der Waals surface area (Å²) in [6.07, 6.45) is 8.84. The van der Waals surface area contributed by atoms with Crippen LogP contribution in [0.1, 0.15) is 19.8 Å². The predicted octanol–water partition coefficient (Wildman–Crippen LogP) is 1.43. The molecule has 1 atom stereocenters. The second-order valence-electron chi connectivity index (χ2n) is 4.91. The third kappa shape index (κ3) is 3.33. The van der Waals surface area contributed by atoms with Crippen LogP contribution in [0.25, 0.3) is 0 Å². The normalized spacial score (nSPS) is 19.6. The van der Waals surface area contributed by atoms with Gasteiger partial charge in [0.15, 0.2) is 0 Å². The first-order chi connectivity index (χ1) is 9.65. The summed E-state index contributed by atoms with van der Waals surface area (Å²) in [4.78, 5) is 14.6. The molecule has 0 radical (unpaired) electrons. The molecule has 0 spiro atoms. The van der Waals surface area contributed by atoms with Crippen LogP contribution >= 0.6 is 11.6 Å². The van der Waals surface area contributed by atoms with Gasteiger partial charge in [-0.15, -0.1) is 6.42 Å². The minimum Gasteiger partial charge on any atom is -0.375 e. The first-order valence-corrected chi connectivity index (χ1v) is 7.21. The highest BCUT2D eigenvalue weighted by atomic mass is 35.5. The summed E-state index contributed by atoms with van der Waals surface area (Å²) >= 11 is 6.09. The highest BCUT2D eigenvalue weighted by molar-refractivity contribution is 6.33. The molecule has 6 heteroatoms. The maximum Gasteiger partial charge on any atom is 0.292 e. The highest BCUT2D eigenvalue weighted by Crippen LogP contribution is 2.19. The second kappa shape index (κ2) is 6.78. The molecule has 1 fully saturated rings. The van der Waals surface area contributed by atoms with E-state index in [2.05, 4.69) is 28.2 Å². The fourth-order valence-electron chi connectivity index (χ4n) is 2.46. The van der Waals surface area contributed by atoms with Crippen molar-refractivity contribution in [2.24, 2.45) is 0 Å². The Kier molecular flexibility index (Phi) is 5.05. The van der Waals surface area contributed by atoms with Gasteiger partial charge in [-0.2, -0.15) is 5.10 Å². The van der Waals surface area contributed by atoms with Gasteiger partial charge in [-0.25, -0.2) is 4.68 Å². The lowest BCUT2D eigenvalue weighted by Crippen LogP contribution is -2.43. The number of hydrogen-bond donors (Lipinski definition) is 1. The fraction of sp³-hybridized carbons (Fsp3) is 0.571. The fourth-order valence-corrected chi connectivity index (χ4v) is 2.64. The number of piperidine rings is 1. The van der Waals surface area contributed by atoms with Crippen molar-refractivity contribution in [1.82, 2.24) is 14.7 Å². The summed E-state index contributed by atoms with van der Waals surface area (Å²) in [5.41, 5.74) is 0.143. The quantitative estimate of drug-likeness (QED) is 0.854. The lowest BCUT2D eigenvalue weighted by atomic mass is 10.1. The van der Waals surface area contributed by atoms with Crippen molar-refractivity contribution >= 4 is 17.3 Å². The Balaban J connectivity index is 2.18. The van der Waals surface area contributed by atoms with E-state index in [-0.39, 0.29) is 18.1 Å². The minimum absolute atomic E-state index is 0.149. The van der Waals surface area contributed by atoms with Crippen molar-refractivity contribution in [3.8, 4) is 12.3 Å². The molecule has 0 aliphatic carbocycles. The largest absolute Gasteiger partial charge is 0.375 e. The van der Waals surface area contributed by atoms with E-state index in [1.54, 1.807) is 0 Å². The number of likely N-dealkylation sites (N-methyl/N-ethyl adjacent to an activating group) is 1. The number of rotatable bonds is 4. The Hall–Kier alpha value is -1.51. The molecule has 1 aliphatic heterocycles. The van der Waals surface area contributed by atoms with Gasteiger partial charge in [0.2, 0.25) is 0 Å². The first-order valence-electron chi connectivity index (χ1n) is 6.83. The van der Waals surface area contributed by atoms with Gasteiger partial charge >= 0.3 is 0 Å². The molecule has 1 saturated heterocycles. The van der Waals surface area contributed by atoms with E-state index >= 15 is 0 Å². The van der Waals surface area contributed by atoms with Crippen LogP contribution in [0.2, 0.25) is 5.02 Å². The number of likely N-dealkylation sites (tertiary alicyclic amines) is 1. The maximum atomic E-state index is 12.2. The van der Waals surface area contributed by atoms with Gasteiger partial charge in [0.1, 0.15) is 12.2 Å². The van der Waals surface area contributed by atoms with E-state index in [0.29, 0.717) is 10.7 Å². The molecule has 0 amide bonds. The molecule has 0 aromatic carbocycles.